The molecule has 0 bridgehead atoms. The largest absolute Gasteiger partial charge is 0.352 e. The quantitative estimate of drug-likeness (QED) is 0.292. The summed E-state index contributed by atoms with van der Waals surface area (Å²) in [6.07, 6.45) is 2.01. The SMILES string of the molecule is Cc1cccc(-n2c(C)cc([C@@H]3[C@H](c4ccccn4)NC(=S)N3CCC(=O)Nc3ccc(F)cc3)c2C)c1. The number of pyridine rings is 1. The van der Waals surface area contributed by atoms with Gasteiger partial charge in [-0.05, 0) is 98.7 Å². The molecular formula is C30H30FN5OS. The molecule has 2 aromatic heterocycles. The number of halogens is 1. The molecular weight excluding hydrogens is 497 g/mol. The number of aromatic nitrogens is 2. The summed E-state index contributed by atoms with van der Waals surface area (Å²) in [4.78, 5) is 19.5. The molecule has 0 unspecified atom stereocenters. The lowest BCUT2D eigenvalue weighted by Gasteiger charge is -2.28. The van der Waals surface area contributed by atoms with Crippen LogP contribution in [-0.4, -0.2) is 32.0 Å². The minimum Gasteiger partial charge on any atom is -0.352 e. The Hall–Kier alpha value is -4.04. The molecule has 1 fully saturated rings. The molecule has 2 N–H and O–H groups in total. The molecule has 194 valence electrons. The molecule has 38 heavy (non-hydrogen) atoms. The van der Waals surface area contributed by atoms with Gasteiger partial charge in [-0.2, -0.15) is 0 Å². The van der Waals surface area contributed by atoms with Gasteiger partial charge in [0.05, 0.1) is 17.8 Å². The number of carbonyl (C=O) groups is 1. The molecule has 0 radical (unpaired) electrons. The number of hydrogen-bond acceptors (Lipinski definition) is 3. The van der Waals surface area contributed by atoms with Gasteiger partial charge < -0.3 is 20.1 Å². The van der Waals surface area contributed by atoms with Crippen molar-refractivity contribution in [3.63, 3.8) is 0 Å². The van der Waals surface area contributed by atoms with Crippen molar-refractivity contribution in [2.45, 2.75) is 39.3 Å². The Morgan fingerprint density at radius 3 is 2.55 bits per heavy atom. The van der Waals surface area contributed by atoms with E-state index in [1.165, 1.54) is 17.7 Å². The van der Waals surface area contributed by atoms with Crippen molar-refractivity contribution < 1.29 is 9.18 Å². The van der Waals surface area contributed by atoms with Crippen LogP contribution in [0.25, 0.3) is 5.69 Å². The van der Waals surface area contributed by atoms with Crippen LogP contribution in [0.2, 0.25) is 0 Å². The van der Waals surface area contributed by atoms with E-state index in [1.807, 2.05) is 18.2 Å². The van der Waals surface area contributed by atoms with Crippen LogP contribution in [0.1, 0.15) is 46.7 Å². The minimum atomic E-state index is -0.344. The highest BCUT2D eigenvalue weighted by molar-refractivity contribution is 7.80. The molecule has 3 heterocycles. The Morgan fingerprint density at radius 1 is 1.05 bits per heavy atom. The number of carbonyl (C=O) groups excluding carboxylic acids is 1. The number of aryl methyl sites for hydroxylation is 2. The third-order valence-corrected chi connectivity index (χ3v) is 7.31. The first kappa shape index (κ1) is 25.6. The lowest BCUT2D eigenvalue weighted by atomic mass is 9.96. The maximum absolute atomic E-state index is 13.2. The number of benzene rings is 2. The number of nitrogens with one attached hydrogen (secondary N) is 2. The summed E-state index contributed by atoms with van der Waals surface area (Å²) < 4.78 is 15.5. The maximum atomic E-state index is 13.2. The van der Waals surface area contributed by atoms with Crippen molar-refractivity contribution in [3.05, 3.63) is 113 Å². The van der Waals surface area contributed by atoms with Crippen molar-refractivity contribution in [2.24, 2.45) is 0 Å². The zero-order chi connectivity index (χ0) is 26.8. The van der Waals surface area contributed by atoms with Crippen LogP contribution >= 0.6 is 12.2 Å². The monoisotopic (exact) mass is 527 g/mol. The Labute approximate surface area is 227 Å². The molecule has 1 aliphatic heterocycles. The third kappa shape index (κ3) is 5.17. The predicted molar refractivity (Wildman–Crippen MR) is 152 cm³/mol. The Morgan fingerprint density at radius 2 is 1.84 bits per heavy atom. The van der Waals surface area contributed by atoms with E-state index < -0.39 is 0 Å². The van der Waals surface area contributed by atoms with Crippen LogP contribution in [0.5, 0.6) is 0 Å². The number of hydrogen-bond donors (Lipinski definition) is 2. The van der Waals surface area contributed by atoms with E-state index in [9.17, 15) is 9.18 Å². The molecule has 1 saturated heterocycles. The summed E-state index contributed by atoms with van der Waals surface area (Å²) in [5.41, 5.74) is 7.12. The van der Waals surface area contributed by atoms with Crippen LogP contribution in [0.15, 0.2) is 79.0 Å². The maximum Gasteiger partial charge on any atom is 0.226 e. The fourth-order valence-corrected chi connectivity index (χ4v) is 5.55. The highest BCUT2D eigenvalue weighted by Crippen LogP contribution is 2.41. The van der Waals surface area contributed by atoms with Gasteiger partial charge in [0, 0.05) is 41.9 Å². The standard InChI is InChI=1S/C30H30FN5OS/c1-19-7-6-8-24(17-19)36-20(2)18-25(21(36)3)29-28(26-9-4-5-15-32-26)34-30(38)35(29)16-14-27(37)33-23-12-10-22(31)11-13-23/h4-13,15,17-18,28-29H,14,16H2,1-3H3,(H,33,37)(H,34,38)/t28-,29+/m0/s1. The molecule has 1 aliphatic rings. The smallest absolute Gasteiger partial charge is 0.226 e. The third-order valence-electron chi connectivity index (χ3n) is 6.95. The molecule has 1 amide bonds. The number of amides is 1. The lowest BCUT2D eigenvalue weighted by molar-refractivity contribution is -0.116. The summed E-state index contributed by atoms with van der Waals surface area (Å²) in [5.74, 6) is -0.507. The van der Waals surface area contributed by atoms with E-state index in [1.54, 1.807) is 18.3 Å². The number of rotatable bonds is 7. The Balaban J connectivity index is 1.46. The molecule has 4 aromatic rings. The zero-order valence-electron chi connectivity index (χ0n) is 21.6. The van der Waals surface area contributed by atoms with Gasteiger partial charge in [0.25, 0.3) is 0 Å². The van der Waals surface area contributed by atoms with Crippen LogP contribution in [-0.2, 0) is 4.79 Å². The van der Waals surface area contributed by atoms with Gasteiger partial charge in [-0.1, -0.05) is 18.2 Å². The van der Waals surface area contributed by atoms with Gasteiger partial charge in [0.2, 0.25) is 5.91 Å². The van der Waals surface area contributed by atoms with Crippen molar-refractivity contribution in [1.82, 2.24) is 19.8 Å². The Kier molecular flexibility index (Phi) is 7.24. The molecule has 5 rings (SSSR count). The summed E-state index contributed by atoms with van der Waals surface area (Å²) in [7, 11) is 0. The molecule has 0 aliphatic carbocycles. The fourth-order valence-electron chi connectivity index (χ4n) is 5.21. The highest BCUT2D eigenvalue weighted by Gasteiger charge is 2.41. The van der Waals surface area contributed by atoms with Crippen LogP contribution in [0.3, 0.4) is 0 Å². The second kappa shape index (κ2) is 10.8. The van der Waals surface area contributed by atoms with Crippen LogP contribution in [0, 0.1) is 26.6 Å². The predicted octanol–water partition coefficient (Wildman–Crippen LogP) is 5.94. The van der Waals surface area contributed by atoms with Crippen molar-refractivity contribution >= 4 is 28.9 Å². The van der Waals surface area contributed by atoms with Gasteiger partial charge in [-0.15, -0.1) is 0 Å². The second-order valence-corrected chi connectivity index (χ2v) is 10.0. The van der Waals surface area contributed by atoms with Crippen molar-refractivity contribution in [2.75, 3.05) is 11.9 Å². The van der Waals surface area contributed by atoms with Crippen molar-refractivity contribution in [1.29, 1.82) is 0 Å². The molecule has 0 spiro atoms. The summed E-state index contributed by atoms with van der Waals surface area (Å²) >= 11 is 5.79. The second-order valence-electron chi connectivity index (χ2n) is 9.63. The molecule has 0 saturated carbocycles. The molecule has 2 atom stereocenters. The van der Waals surface area contributed by atoms with E-state index in [4.69, 9.17) is 12.2 Å². The summed E-state index contributed by atoms with van der Waals surface area (Å²) in [6.45, 7) is 6.74. The summed E-state index contributed by atoms with van der Waals surface area (Å²) in [6, 6.07) is 22.0. The lowest BCUT2D eigenvalue weighted by Crippen LogP contribution is -2.32. The molecule has 6 nitrogen and oxygen atoms in total. The fraction of sp³-hybridized carbons (Fsp3) is 0.233. The number of nitrogens with zero attached hydrogens (tertiary/aromatic N) is 3. The first-order chi connectivity index (χ1) is 18.3. The summed E-state index contributed by atoms with van der Waals surface area (Å²) in [5, 5.41) is 6.89. The van der Waals surface area contributed by atoms with Crippen molar-refractivity contribution in [3.8, 4) is 5.69 Å². The highest BCUT2D eigenvalue weighted by atomic mass is 32.1. The van der Waals surface area contributed by atoms with E-state index in [-0.39, 0.29) is 30.2 Å². The van der Waals surface area contributed by atoms with Gasteiger partial charge in [-0.3, -0.25) is 9.78 Å². The van der Waals surface area contributed by atoms with Gasteiger partial charge in [0.15, 0.2) is 5.11 Å². The van der Waals surface area contributed by atoms with Crippen LogP contribution in [0.4, 0.5) is 10.1 Å². The normalized spacial score (nSPS) is 16.9. The van der Waals surface area contributed by atoms with Crippen LogP contribution < -0.4 is 10.6 Å². The average molecular weight is 528 g/mol. The number of thiocarbonyl (C=S) groups is 1. The van der Waals surface area contributed by atoms with E-state index in [2.05, 4.69) is 76.2 Å². The topological polar surface area (TPSA) is 62.2 Å². The molecule has 8 heteroatoms. The van der Waals surface area contributed by atoms with Gasteiger partial charge >= 0.3 is 0 Å². The number of anilines is 1. The first-order valence-corrected chi connectivity index (χ1v) is 13.0. The average Bonchev–Trinajstić information content (AvgIpc) is 3.39. The Bertz CT molecular complexity index is 1470. The van der Waals surface area contributed by atoms with Gasteiger partial charge in [-0.25, -0.2) is 4.39 Å². The zero-order valence-corrected chi connectivity index (χ0v) is 22.4. The van der Waals surface area contributed by atoms with E-state index in [0.29, 0.717) is 17.3 Å². The minimum absolute atomic E-state index is 0.152. The van der Waals surface area contributed by atoms with Gasteiger partial charge in [0.1, 0.15) is 5.82 Å². The molecule has 2 aromatic carbocycles. The van der Waals surface area contributed by atoms with E-state index >= 15 is 0 Å². The van der Waals surface area contributed by atoms with E-state index in [0.717, 1.165) is 28.3 Å². The first-order valence-electron chi connectivity index (χ1n) is 12.6.